The number of benzene rings is 2. The number of nitrogens with one attached hydrogen (secondary N) is 1. The summed E-state index contributed by atoms with van der Waals surface area (Å²) in [5.74, 6) is -0.169. The van der Waals surface area contributed by atoms with Crippen LogP contribution in [0.4, 0.5) is 5.13 Å². The second kappa shape index (κ2) is 11.6. The van der Waals surface area contributed by atoms with E-state index in [-0.39, 0.29) is 24.3 Å². The van der Waals surface area contributed by atoms with Crippen molar-refractivity contribution in [3.63, 3.8) is 0 Å². The first kappa shape index (κ1) is 24.4. The topological polar surface area (TPSA) is 75.2 Å². The first-order valence-electron chi connectivity index (χ1n) is 11.8. The van der Waals surface area contributed by atoms with E-state index < -0.39 is 0 Å². The zero-order chi connectivity index (χ0) is 23.9. The molecule has 34 heavy (non-hydrogen) atoms. The number of nitrogens with zero attached hydrogens (tertiary/aromatic N) is 3. The quantitative estimate of drug-likeness (QED) is 0.401. The zero-order valence-electron chi connectivity index (χ0n) is 19.3. The Morgan fingerprint density at radius 3 is 2.41 bits per heavy atom. The van der Waals surface area contributed by atoms with Gasteiger partial charge in [-0.2, -0.15) is 0 Å². The Hall–Kier alpha value is -2.77. The van der Waals surface area contributed by atoms with Crippen molar-refractivity contribution >= 4 is 39.9 Å². The number of aromatic nitrogens is 2. The summed E-state index contributed by atoms with van der Waals surface area (Å²) >= 11 is 7.26. The molecule has 1 fully saturated rings. The molecular formula is C26H29ClN4O2S. The van der Waals surface area contributed by atoms with Crippen molar-refractivity contribution < 1.29 is 9.59 Å². The molecule has 6 nitrogen and oxygen atoms in total. The highest BCUT2D eigenvalue weighted by atomic mass is 35.5. The molecule has 2 aromatic carbocycles. The molecule has 1 heterocycles. The first-order chi connectivity index (χ1) is 16.5. The van der Waals surface area contributed by atoms with Crippen LogP contribution in [-0.4, -0.2) is 39.5 Å². The van der Waals surface area contributed by atoms with Gasteiger partial charge in [-0.3, -0.25) is 9.59 Å². The third-order valence-electron chi connectivity index (χ3n) is 6.23. The monoisotopic (exact) mass is 496 g/mol. The highest BCUT2D eigenvalue weighted by Crippen LogP contribution is 2.28. The molecule has 0 aliphatic heterocycles. The molecule has 3 aromatic rings. The molecular weight excluding hydrogens is 468 g/mol. The normalized spacial score (nSPS) is 14.1. The van der Waals surface area contributed by atoms with E-state index >= 15 is 0 Å². The summed E-state index contributed by atoms with van der Waals surface area (Å²) in [7, 11) is 0. The predicted octanol–water partition coefficient (Wildman–Crippen LogP) is 6.22. The third-order valence-corrected chi connectivity index (χ3v) is 7.37. The highest BCUT2D eigenvalue weighted by molar-refractivity contribution is 7.18. The van der Waals surface area contributed by atoms with Crippen molar-refractivity contribution in [2.24, 2.45) is 0 Å². The van der Waals surface area contributed by atoms with Gasteiger partial charge in [0.2, 0.25) is 11.0 Å². The molecule has 1 aliphatic rings. The molecule has 4 rings (SSSR count). The number of rotatable bonds is 8. The van der Waals surface area contributed by atoms with Crippen LogP contribution in [0.3, 0.4) is 0 Å². The van der Waals surface area contributed by atoms with Crippen LogP contribution in [0.25, 0.3) is 10.6 Å². The van der Waals surface area contributed by atoms with Crippen LogP contribution in [0, 0.1) is 0 Å². The summed E-state index contributed by atoms with van der Waals surface area (Å²) in [4.78, 5) is 28.0. The number of halogens is 1. The standard InChI is InChI=1S/C26H29ClN4O2S/c1-2-18-8-10-20(11-9-18)25(33)31(22-6-4-3-5-7-22)17-16-23(32)28-26-30-29-24(34-26)19-12-14-21(27)15-13-19/h8-15,22H,2-7,16-17H2,1H3,(H,28,30,32). The first-order valence-corrected chi connectivity index (χ1v) is 13.0. The van der Waals surface area contributed by atoms with Gasteiger partial charge in [-0.05, 0) is 49.1 Å². The average Bonchev–Trinajstić information content (AvgIpc) is 3.33. The molecule has 1 aliphatic carbocycles. The van der Waals surface area contributed by atoms with Crippen molar-refractivity contribution in [1.29, 1.82) is 0 Å². The Morgan fingerprint density at radius 2 is 1.74 bits per heavy atom. The molecule has 1 aromatic heterocycles. The van der Waals surface area contributed by atoms with E-state index in [4.69, 9.17) is 11.6 Å². The molecule has 8 heteroatoms. The SMILES string of the molecule is CCc1ccc(C(=O)N(CCC(=O)Nc2nnc(-c3ccc(Cl)cc3)s2)C2CCCCC2)cc1. The maximum Gasteiger partial charge on any atom is 0.254 e. The number of aryl methyl sites for hydroxylation is 1. The Morgan fingerprint density at radius 1 is 1.03 bits per heavy atom. The van der Waals surface area contributed by atoms with Crippen LogP contribution < -0.4 is 5.32 Å². The summed E-state index contributed by atoms with van der Waals surface area (Å²) in [6.07, 6.45) is 6.57. The third kappa shape index (κ3) is 6.21. The molecule has 0 spiro atoms. The summed E-state index contributed by atoms with van der Waals surface area (Å²) in [5.41, 5.74) is 2.78. The number of hydrogen-bond acceptors (Lipinski definition) is 5. The van der Waals surface area contributed by atoms with Crippen LogP contribution in [0.15, 0.2) is 48.5 Å². The summed E-state index contributed by atoms with van der Waals surface area (Å²) in [6.45, 7) is 2.48. The predicted molar refractivity (Wildman–Crippen MR) is 137 cm³/mol. The van der Waals surface area contributed by atoms with Crippen LogP contribution >= 0.6 is 22.9 Å². The van der Waals surface area contributed by atoms with Crippen LogP contribution in [0.2, 0.25) is 5.02 Å². The molecule has 0 unspecified atom stereocenters. The minimum Gasteiger partial charge on any atom is -0.335 e. The van der Waals surface area contributed by atoms with Gasteiger partial charge in [-0.15, -0.1) is 10.2 Å². The van der Waals surface area contributed by atoms with Crippen LogP contribution in [-0.2, 0) is 11.2 Å². The van der Waals surface area contributed by atoms with Crippen molar-refractivity contribution in [2.45, 2.75) is 57.9 Å². The fourth-order valence-electron chi connectivity index (χ4n) is 4.28. The van der Waals surface area contributed by atoms with E-state index in [1.165, 1.54) is 23.3 Å². The van der Waals surface area contributed by atoms with Crippen molar-refractivity contribution in [3.05, 3.63) is 64.7 Å². The van der Waals surface area contributed by atoms with Gasteiger partial charge >= 0.3 is 0 Å². The maximum absolute atomic E-state index is 13.4. The van der Waals surface area contributed by atoms with Gasteiger partial charge in [-0.1, -0.05) is 73.4 Å². The molecule has 0 atom stereocenters. The largest absolute Gasteiger partial charge is 0.335 e. The van der Waals surface area contributed by atoms with Crippen molar-refractivity contribution in [3.8, 4) is 10.6 Å². The summed E-state index contributed by atoms with van der Waals surface area (Å²) in [6, 6.07) is 15.3. The lowest BCUT2D eigenvalue weighted by atomic mass is 9.93. The van der Waals surface area contributed by atoms with E-state index in [1.807, 2.05) is 41.3 Å². The van der Waals surface area contributed by atoms with Crippen LogP contribution in [0.5, 0.6) is 0 Å². The smallest absolute Gasteiger partial charge is 0.254 e. The van der Waals surface area contributed by atoms with Gasteiger partial charge in [0.25, 0.3) is 5.91 Å². The van der Waals surface area contributed by atoms with Gasteiger partial charge in [0.1, 0.15) is 5.01 Å². The number of amides is 2. The lowest BCUT2D eigenvalue weighted by Gasteiger charge is -2.34. The van der Waals surface area contributed by atoms with E-state index in [0.29, 0.717) is 27.3 Å². The van der Waals surface area contributed by atoms with E-state index in [9.17, 15) is 9.59 Å². The van der Waals surface area contributed by atoms with Gasteiger partial charge in [0.05, 0.1) is 0 Å². The van der Waals surface area contributed by atoms with Gasteiger partial charge in [0.15, 0.2) is 0 Å². The van der Waals surface area contributed by atoms with E-state index in [2.05, 4.69) is 22.4 Å². The summed E-state index contributed by atoms with van der Waals surface area (Å²) < 4.78 is 0. The van der Waals surface area contributed by atoms with E-state index in [1.54, 1.807) is 12.1 Å². The second-order valence-electron chi connectivity index (χ2n) is 8.56. The number of hydrogen-bond donors (Lipinski definition) is 1. The molecule has 2 amide bonds. The molecule has 0 saturated heterocycles. The fraction of sp³-hybridized carbons (Fsp3) is 0.385. The fourth-order valence-corrected chi connectivity index (χ4v) is 5.17. The van der Waals surface area contributed by atoms with Crippen molar-refractivity contribution in [2.75, 3.05) is 11.9 Å². The number of carbonyl (C=O) groups excluding carboxylic acids is 2. The van der Waals surface area contributed by atoms with Gasteiger partial charge < -0.3 is 10.2 Å². The Bertz CT molecular complexity index is 1110. The number of carbonyl (C=O) groups is 2. The minimum atomic E-state index is -0.172. The van der Waals surface area contributed by atoms with Crippen LogP contribution in [0.1, 0.15) is 61.4 Å². The summed E-state index contributed by atoms with van der Waals surface area (Å²) in [5, 5.41) is 12.9. The van der Waals surface area contributed by atoms with Crippen molar-refractivity contribution in [1.82, 2.24) is 15.1 Å². The molecule has 0 bridgehead atoms. The maximum atomic E-state index is 13.4. The van der Waals surface area contributed by atoms with Gasteiger partial charge in [-0.25, -0.2) is 0 Å². The molecule has 1 N–H and O–H groups in total. The zero-order valence-corrected chi connectivity index (χ0v) is 20.9. The lowest BCUT2D eigenvalue weighted by Crippen LogP contribution is -2.43. The lowest BCUT2D eigenvalue weighted by molar-refractivity contribution is -0.116. The Labute approximate surface area is 209 Å². The Balaban J connectivity index is 1.40. The van der Waals surface area contributed by atoms with E-state index in [0.717, 1.165) is 37.7 Å². The number of anilines is 1. The average molecular weight is 497 g/mol. The molecule has 1 saturated carbocycles. The highest BCUT2D eigenvalue weighted by Gasteiger charge is 2.27. The molecule has 0 radical (unpaired) electrons. The van der Waals surface area contributed by atoms with Gasteiger partial charge in [0, 0.05) is 35.2 Å². The molecule has 178 valence electrons. The minimum absolute atomic E-state index is 0.00305. The Kier molecular flexibility index (Phi) is 8.29. The second-order valence-corrected chi connectivity index (χ2v) is 9.97.